The van der Waals surface area contributed by atoms with Crippen LogP contribution in [0.2, 0.25) is 0 Å². The van der Waals surface area contributed by atoms with Crippen molar-refractivity contribution >= 4 is 0 Å². The molecule has 2 heteroatoms. The Kier molecular flexibility index (Phi) is 2.54. The van der Waals surface area contributed by atoms with Gasteiger partial charge < -0.3 is 0 Å². The maximum absolute atomic E-state index is 3.85. The number of fused-ring (bicyclic) bond motifs is 1. The van der Waals surface area contributed by atoms with E-state index in [1.54, 1.807) is 6.20 Å². The fourth-order valence-electron chi connectivity index (χ4n) is 1.18. The molecular formula is C12H12N2. The van der Waals surface area contributed by atoms with E-state index in [2.05, 4.69) is 41.4 Å². The van der Waals surface area contributed by atoms with E-state index in [1.807, 2.05) is 12.1 Å². The van der Waals surface area contributed by atoms with Gasteiger partial charge in [-0.2, -0.15) is 10.2 Å². The van der Waals surface area contributed by atoms with Gasteiger partial charge in [-0.25, -0.2) is 0 Å². The maximum Gasteiger partial charge on any atom is 0.0628 e. The van der Waals surface area contributed by atoms with E-state index in [4.69, 9.17) is 0 Å². The molecule has 1 aromatic heterocycles. The van der Waals surface area contributed by atoms with Gasteiger partial charge in [0.2, 0.25) is 0 Å². The number of benzene rings is 1. The second-order valence-corrected chi connectivity index (χ2v) is 3.15. The molecule has 0 fully saturated rings. The van der Waals surface area contributed by atoms with E-state index < -0.39 is 0 Å². The Morgan fingerprint density at radius 2 is 1.64 bits per heavy atom. The van der Waals surface area contributed by atoms with Crippen molar-refractivity contribution in [3.8, 4) is 11.1 Å². The van der Waals surface area contributed by atoms with Crippen LogP contribution in [-0.4, -0.2) is 10.2 Å². The van der Waals surface area contributed by atoms with Crippen LogP contribution in [0, 0.1) is 0 Å². The monoisotopic (exact) mass is 184 g/mol. The predicted octanol–water partition coefficient (Wildman–Crippen LogP) is 2.71. The van der Waals surface area contributed by atoms with Gasteiger partial charge in [0.25, 0.3) is 0 Å². The zero-order valence-corrected chi connectivity index (χ0v) is 8.14. The van der Waals surface area contributed by atoms with E-state index in [9.17, 15) is 0 Å². The minimum Gasteiger partial charge on any atom is -0.159 e. The molecule has 70 valence electrons. The molecule has 0 bridgehead atoms. The van der Waals surface area contributed by atoms with Gasteiger partial charge in [-0.15, -0.1) is 0 Å². The number of aromatic nitrogens is 2. The van der Waals surface area contributed by atoms with E-state index in [0.29, 0.717) is 0 Å². The summed E-state index contributed by atoms with van der Waals surface area (Å²) < 4.78 is 0. The van der Waals surface area contributed by atoms with Crippen LogP contribution >= 0.6 is 0 Å². The van der Waals surface area contributed by atoms with E-state index >= 15 is 0 Å². The van der Waals surface area contributed by atoms with Crippen molar-refractivity contribution < 1.29 is 0 Å². The Morgan fingerprint density at radius 3 is 1.86 bits per heavy atom. The highest BCUT2D eigenvalue weighted by molar-refractivity contribution is 5.75. The molecule has 2 nitrogen and oxygen atoms in total. The highest BCUT2D eigenvalue weighted by atomic mass is 15.1. The van der Waals surface area contributed by atoms with Crippen LogP contribution in [0.3, 0.4) is 0 Å². The van der Waals surface area contributed by atoms with Crippen LogP contribution in [0.5, 0.6) is 0 Å². The molecule has 0 aliphatic heterocycles. The normalized spacial score (nSPS) is 10.1. The van der Waals surface area contributed by atoms with E-state index in [0.717, 1.165) is 12.1 Å². The summed E-state index contributed by atoms with van der Waals surface area (Å²) in [6.45, 7) is 2.06. The quantitative estimate of drug-likeness (QED) is 0.581. The molecule has 0 saturated heterocycles. The zero-order valence-electron chi connectivity index (χ0n) is 8.14. The predicted molar refractivity (Wildman–Crippen MR) is 56.8 cm³/mol. The first-order valence-electron chi connectivity index (χ1n) is 4.77. The van der Waals surface area contributed by atoms with Gasteiger partial charge in [-0.05, 0) is 29.7 Å². The van der Waals surface area contributed by atoms with Gasteiger partial charge in [-0.3, -0.25) is 0 Å². The Labute approximate surface area is 83.6 Å². The third-order valence-electron chi connectivity index (χ3n) is 2.21. The summed E-state index contributed by atoms with van der Waals surface area (Å²) >= 11 is 0. The van der Waals surface area contributed by atoms with Crippen LogP contribution in [0.4, 0.5) is 0 Å². The smallest absolute Gasteiger partial charge is 0.0628 e. The third kappa shape index (κ3) is 1.79. The van der Waals surface area contributed by atoms with Crippen molar-refractivity contribution in [3.63, 3.8) is 0 Å². The van der Waals surface area contributed by atoms with Crippen LogP contribution in [-0.2, 0) is 6.42 Å². The third-order valence-corrected chi connectivity index (χ3v) is 2.21. The molecule has 0 saturated carbocycles. The van der Waals surface area contributed by atoms with Gasteiger partial charge in [0.1, 0.15) is 0 Å². The first kappa shape index (κ1) is 8.88. The molecule has 0 N–H and O–H groups in total. The average molecular weight is 184 g/mol. The number of hydrogen-bond acceptors (Lipinski definition) is 2. The molecule has 3 rings (SSSR count). The van der Waals surface area contributed by atoms with Crippen molar-refractivity contribution in [1.29, 1.82) is 0 Å². The first-order chi connectivity index (χ1) is 6.90. The zero-order chi connectivity index (χ0) is 9.80. The lowest BCUT2D eigenvalue weighted by molar-refractivity contribution is 0.919. The van der Waals surface area contributed by atoms with E-state index in [-0.39, 0.29) is 0 Å². The Balaban J connectivity index is 0.000000110. The SMILES string of the molecule is CCc1cccnn1.c1cc2ccc1-2. The minimum atomic E-state index is 0.966. The minimum absolute atomic E-state index is 0.966. The number of rotatable bonds is 1. The summed E-state index contributed by atoms with van der Waals surface area (Å²) in [5.74, 6) is 0. The fourth-order valence-corrected chi connectivity index (χ4v) is 1.18. The number of hydrogen-bond donors (Lipinski definition) is 0. The number of nitrogens with zero attached hydrogens (tertiary/aromatic N) is 2. The summed E-state index contributed by atoms with van der Waals surface area (Å²) in [5, 5.41) is 7.55. The molecule has 2 aliphatic rings. The lowest BCUT2D eigenvalue weighted by Gasteiger charge is -2.10. The maximum atomic E-state index is 3.85. The first-order valence-corrected chi connectivity index (χ1v) is 4.77. The van der Waals surface area contributed by atoms with Gasteiger partial charge in [-0.1, -0.05) is 31.2 Å². The average Bonchev–Trinajstić information content (AvgIpc) is 2.25. The molecule has 0 amide bonds. The summed E-state index contributed by atoms with van der Waals surface area (Å²) in [4.78, 5) is 0. The Hall–Kier alpha value is -1.70. The fraction of sp³-hybridized carbons (Fsp3) is 0.167. The summed E-state index contributed by atoms with van der Waals surface area (Å²) in [5.41, 5.74) is 3.90. The van der Waals surface area contributed by atoms with Crippen LogP contribution in [0.15, 0.2) is 42.6 Å². The molecule has 2 aliphatic carbocycles. The Bertz CT molecular complexity index is 371. The van der Waals surface area contributed by atoms with Crippen molar-refractivity contribution in [1.82, 2.24) is 10.2 Å². The Morgan fingerprint density at radius 1 is 1.00 bits per heavy atom. The largest absolute Gasteiger partial charge is 0.159 e. The van der Waals surface area contributed by atoms with Gasteiger partial charge in [0.05, 0.1) is 5.69 Å². The van der Waals surface area contributed by atoms with Crippen molar-refractivity contribution in [2.75, 3.05) is 0 Å². The topological polar surface area (TPSA) is 25.8 Å². The summed E-state index contributed by atoms with van der Waals surface area (Å²) in [6, 6.07) is 12.3. The lowest BCUT2D eigenvalue weighted by atomic mass is 9.95. The molecule has 0 unspecified atom stereocenters. The second-order valence-electron chi connectivity index (χ2n) is 3.15. The standard InChI is InChI=1S/C6H8N2.C6H4/c1-2-6-4-3-5-7-8-6;1-2-6-4-3-5(1)6/h3-5H,2H2,1H3;1-4H. The number of aryl methyl sites for hydroxylation is 1. The molecule has 14 heavy (non-hydrogen) atoms. The molecule has 0 spiro atoms. The molecule has 1 aromatic rings. The lowest BCUT2D eigenvalue weighted by Crippen LogP contribution is -1.86. The molecular weight excluding hydrogens is 172 g/mol. The van der Waals surface area contributed by atoms with Gasteiger partial charge >= 0.3 is 0 Å². The van der Waals surface area contributed by atoms with Crippen molar-refractivity contribution in [2.45, 2.75) is 13.3 Å². The van der Waals surface area contributed by atoms with Gasteiger partial charge in [0, 0.05) is 6.20 Å². The molecule has 0 atom stereocenters. The van der Waals surface area contributed by atoms with Crippen LogP contribution in [0.25, 0.3) is 11.1 Å². The van der Waals surface area contributed by atoms with Crippen molar-refractivity contribution in [2.24, 2.45) is 0 Å². The second kappa shape index (κ2) is 4.01. The molecule has 0 radical (unpaired) electrons. The highest BCUT2D eigenvalue weighted by Gasteiger charge is 2.03. The van der Waals surface area contributed by atoms with Crippen LogP contribution in [0.1, 0.15) is 12.6 Å². The van der Waals surface area contributed by atoms with E-state index in [1.165, 1.54) is 11.1 Å². The van der Waals surface area contributed by atoms with Gasteiger partial charge in [0.15, 0.2) is 0 Å². The summed E-state index contributed by atoms with van der Waals surface area (Å²) in [7, 11) is 0. The van der Waals surface area contributed by atoms with Crippen LogP contribution < -0.4 is 0 Å². The highest BCUT2D eigenvalue weighted by Crippen LogP contribution is 2.29. The molecule has 1 heterocycles. The van der Waals surface area contributed by atoms with Crippen molar-refractivity contribution in [3.05, 3.63) is 48.3 Å². The summed E-state index contributed by atoms with van der Waals surface area (Å²) in [6.07, 6.45) is 2.65. The molecule has 0 aromatic carbocycles.